The molecule has 0 aliphatic carbocycles. The van der Waals surface area contributed by atoms with E-state index in [0.717, 1.165) is 39.8 Å². The number of hydrogen-bond acceptors (Lipinski definition) is 5. The van der Waals surface area contributed by atoms with Crippen molar-refractivity contribution in [1.82, 2.24) is 15.0 Å². The minimum absolute atomic E-state index is 0.0174. The molecule has 0 saturated heterocycles. The van der Waals surface area contributed by atoms with E-state index in [1.54, 1.807) is 18.6 Å². The van der Waals surface area contributed by atoms with Crippen LogP contribution in [0.25, 0.3) is 12.2 Å². The van der Waals surface area contributed by atoms with Gasteiger partial charge in [-0.05, 0) is 62.4 Å². The zero-order valence-corrected chi connectivity index (χ0v) is 19.4. The standard InChI is InChI=1S/C26H31N5O/c1-6-23-24(11-10-17(2)3)31-25(16-28-23)29-19(5)20-8-7-9-22(13-20)30-26(32)21-12-18(4)14-27-15-21/h6-9,11-17,19H,10H2,1-5H3,(H,29,31)(H,30,32)/b23-6+,24-11-. The maximum atomic E-state index is 12.6. The number of aromatic nitrogens is 3. The molecule has 2 heterocycles. The Morgan fingerprint density at radius 2 is 1.91 bits per heavy atom. The molecule has 3 rings (SSSR count). The van der Waals surface area contributed by atoms with Crippen LogP contribution in [-0.4, -0.2) is 20.9 Å². The summed E-state index contributed by atoms with van der Waals surface area (Å²) in [5, 5.41) is 8.16. The molecule has 0 fully saturated rings. The minimum atomic E-state index is -0.179. The fraction of sp³-hybridized carbons (Fsp3) is 0.308. The molecule has 1 atom stereocenters. The lowest BCUT2D eigenvalue weighted by Gasteiger charge is -2.16. The Kier molecular flexibility index (Phi) is 7.71. The van der Waals surface area contributed by atoms with Crippen molar-refractivity contribution in [2.45, 2.75) is 47.1 Å². The van der Waals surface area contributed by atoms with Gasteiger partial charge in [-0.2, -0.15) is 0 Å². The van der Waals surface area contributed by atoms with Crippen LogP contribution >= 0.6 is 0 Å². The van der Waals surface area contributed by atoms with Gasteiger partial charge in [0.25, 0.3) is 5.91 Å². The summed E-state index contributed by atoms with van der Waals surface area (Å²) in [6.07, 6.45) is 10.1. The zero-order valence-electron chi connectivity index (χ0n) is 19.4. The first kappa shape index (κ1) is 23.1. The Hall–Kier alpha value is -3.54. The monoisotopic (exact) mass is 429 g/mol. The van der Waals surface area contributed by atoms with Crippen molar-refractivity contribution in [2.75, 3.05) is 10.6 Å². The Bertz CT molecular complexity index is 1200. The van der Waals surface area contributed by atoms with Gasteiger partial charge in [-0.1, -0.05) is 38.1 Å². The highest BCUT2D eigenvalue weighted by molar-refractivity contribution is 6.04. The Morgan fingerprint density at radius 3 is 2.62 bits per heavy atom. The van der Waals surface area contributed by atoms with Crippen LogP contribution in [0.3, 0.4) is 0 Å². The van der Waals surface area contributed by atoms with Gasteiger partial charge in [0.15, 0.2) is 0 Å². The molecule has 1 amide bonds. The molecule has 0 bridgehead atoms. The van der Waals surface area contributed by atoms with E-state index in [4.69, 9.17) is 4.98 Å². The highest BCUT2D eigenvalue weighted by atomic mass is 16.1. The van der Waals surface area contributed by atoms with E-state index < -0.39 is 0 Å². The summed E-state index contributed by atoms with van der Waals surface area (Å²) in [6, 6.07) is 9.60. The lowest BCUT2D eigenvalue weighted by Crippen LogP contribution is -2.32. The normalized spacial score (nSPS) is 13.3. The van der Waals surface area contributed by atoms with Gasteiger partial charge in [0, 0.05) is 18.1 Å². The van der Waals surface area contributed by atoms with E-state index in [1.807, 2.05) is 50.3 Å². The highest BCUT2D eigenvalue weighted by Gasteiger charge is 2.10. The zero-order chi connectivity index (χ0) is 23.1. The highest BCUT2D eigenvalue weighted by Crippen LogP contribution is 2.21. The van der Waals surface area contributed by atoms with Crippen LogP contribution in [0.1, 0.15) is 61.6 Å². The van der Waals surface area contributed by atoms with Crippen molar-refractivity contribution >= 4 is 29.6 Å². The molecule has 2 aromatic heterocycles. The van der Waals surface area contributed by atoms with Crippen LogP contribution in [-0.2, 0) is 0 Å². The molecule has 6 heteroatoms. The summed E-state index contributed by atoms with van der Waals surface area (Å²) in [5.74, 6) is 1.10. The lowest BCUT2D eigenvalue weighted by molar-refractivity contribution is 0.102. The fourth-order valence-electron chi connectivity index (χ4n) is 3.28. The number of hydrogen-bond donors (Lipinski definition) is 2. The molecule has 32 heavy (non-hydrogen) atoms. The third kappa shape index (κ3) is 6.23. The summed E-state index contributed by atoms with van der Waals surface area (Å²) in [5.41, 5.74) is 3.25. The minimum Gasteiger partial charge on any atom is -0.362 e. The summed E-state index contributed by atoms with van der Waals surface area (Å²) in [4.78, 5) is 26.0. The summed E-state index contributed by atoms with van der Waals surface area (Å²) < 4.78 is 0. The number of nitrogens with zero attached hydrogens (tertiary/aromatic N) is 3. The topological polar surface area (TPSA) is 79.8 Å². The molecular weight excluding hydrogens is 398 g/mol. The number of rotatable bonds is 7. The van der Waals surface area contributed by atoms with Crippen molar-refractivity contribution in [2.24, 2.45) is 5.92 Å². The molecule has 0 aliphatic rings. The number of benzene rings is 1. The van der Waals surface area contributed by atoms with Crippen LogP contribution in [0.4, 0.5) is 11.5 Å². The molecule has 0 saturated carbocycles. The molecule has 0 aliphatic heterocycles. The number of amides is 1. The van der Waals surface area contributed by atoms with E-state index in [9.17, 15) is 4.79 Å². The average Bonchev–Trinajstić information content (AvgIpc) is 2.78. The van der Waals surface area contributed by atoms with Gasteiger partial charge >= 0.3 is 0 Å². The molecule has 2 N–H and O–H groups in total. The van der Waals surface area contributed by atoms with Crippen LogP contribution in [0.5, 0.6) is 0 Å². The van der Waals surface area contributed by atoms with Gasteiger partial charge in [0.05, 0.1) is 28.5 Å². The fourth-order valence-corrected chi connectivity index (χ4v) is 3.28. The molecule has 166 valence electrons. The molecular formula is C26H31N5O. The van der Waals surface area contributed by atoms with Crippen molar-refractivity contribution in [1.29, 1.82) is 0 Å². The first-order chi connectivity index (χ1) is 15.4. The first-order valence-electron chi connectivity index (χ1n) is 10.9. The van der Waals surface area contributed by atoms with E-state index in [0.29, 0.717) is 11.5 Å². The van der Waals surface area contributed by atoms with Gasteiger partial charge in [0.2, 0.25) is 0 Å². The number of anilines is 2. The number of aryl methyl sites for hydroxylation is 1. The largest absolute Gasteiger partial charge is 0.362 e. The predicted octanol–water partition coefficient (Wildman–Crippen LogP) is 4.23. The third-order valence-corrected chi connectivity index (χ3v) is 5.03. The van der Waals surface area contributed by atoms with E-state index in [2.05, 4.69) is 47.4 Å². The third-order valence-electron chi connectivity index (χ3n) is 5.03. The number of nitrogens with one attached hydrogen (secondary N) is 2. The maximum absolute atomic E-state index is 12.6. The summed E-state index contributed by atoms with van der Waals surface area (Å²) >= 11 is 0. The van der Waals surface area contributed by atoms with Gasteiger partial charge in [0.1, 0.15) is 5.82 Å². The van der Waals surface area contributed by atoms with Crippen LogP contribution in [0.15, 0.2) is 48.9 Å². The molecule has 1 aromatic carbocycles. The number of pyridine rings is 1. The average molecular weight is 430 g/mol. The van der Waals surface area contributed by atoms with E-state index in [1.165, 1.54) is 0 Å². The van der Waals surface area contributed by atoms with Crippen molar-refractivity contribution < 1.29 is 4.79 Å². The van der Waals surface area contributed by atoms with Crippen molar-refractivity contribution in [3.05, 3.63) is 76.3 Å². The van der Waals surface area contributed by atoms with Crippen LogP contribution in [0.2, 0.25) is 0 Å². The maximum Gasteiger partial charge on any atom is 0.257 e. The first-order valence-corrected chi connectivity index (χ1v) is 10.9. The second kappa shape index (κ2) is 10.7. The van der Waals surface area contributed by atoms with Crippen molar-refractivity contribution in [3.63, 3.8) is 0 Å². The van der Waals surface area contributed by atoms with Gasteiger partial charge in [-0.15, -0.1) is 0 Å². The quantitative estimate of drug-likeness (QED) is 0.587. The molecule has 1 unspecified atom stereocenters. The molecule has 0 radical (unpaired) electrons. The Balaban J connectivity index is 1.76. The van der Waals surface area contributed by atoms with E-state index >= 15 is 0 Å². The van der Waals surface area contributed by atoms with Gasteiger partial charge in [-0.25, -0.2) is 4.98 Å². The molecule has 3 aromatic rings. The number of carbonyl (C=O) groups is 1. The predicted molar refractivity (Wildman–Crippen MR) is 131 cm³/mol. The van der Waals surface area contributed by atoms with Gasteiger partial charge < -0.3 is 10.6 Å². The van der Waals surface area contributed by atoms with Crippen molar-refractivity contribution in [3.8, 4) is 0 Å². The summed E-state index contributed by atoms with van der Waals surface area (Å²) in [6.45, 7) is 10.3. The summed E-state index contributed by atoms with van der Waals surface area (Å²) in [7, 11) is 0. The molecule has 0 spiro atoms. The van der Waals surface area contributed by atoms with Crippen LogP contribution in [0, 0.1) is 12.8 Å². The van der Waals surface area contributed by atoms with E-state index in [-0.39, 0.29) is 11.9 Å². The second-order valence-corrected chi connectivity index (χ2v) is 8.34. The second-order valence-electron chi connectivity index (χ2n) is 8.34. The Labute approximate surface area is 189 Å². The molecule has 6 nitrogen and oxygen atoms in total. The SMILES string of the molecule is C/C=c1/ncc(NC(C)c2cccc(NC(=O)c3cncc(C)c3)c2)n/c1=C\CC(C)C. The Morgan fingerprint density at radius 1 is 1.09 bits per heavy atom. The van der Waals surface area contributed by atoms with Crippen LogP contribution < -0.4 is 21.3 Å². The van der Waals surface area contributed by atoms with Gasteiger partial charge in [-0.3, -0.25) is 14.8 Å². The lowest BCUT2D eigenvalue weighted by atomic mass is 10.1. The smallest absolute Gasteiger partial charge is 0.257 e. The number of carbonyl (C=O) groups excluding carboxylic acids is 1.